The van der Waals surface area contributed by atoms with E-state index in [4.69, 9.17) is 16.6 Å². The summed E-state index contributed by atoms with van der Waals surface area (Å²) in [5.74, 6) is -0.968. The second-order valence-corrected chi connectivity index (χ2v) is 13.4. The van der Waals surface area contributed by atoms with Gasteiger partial charge in [-0.05, 0) is 95.4 Å². The van der Waals surface area contributed by atoms with Crippen LogP contribution in [0.5, 0.6) is 0 Å². The van der Waals surface area contributed by atoms with E-state index < -0.39 is 18.1 Å². The van der Waals surface area contributed by atoms with Crippen molar-refractivity contribution in [3.05, 3.63) is 98.2 Å². The number of halogens is 2. The van der Waals surface area contributed by atoms with Crippen LogP contribution in [0, 0.1) is 0 Å². The number of carboxylic acid groups (broad SMARTS) is 1. The summed E-state index contributed by atoms with van der Waals surface area (Å²) in [6, 6.07) is 16.8. The number of unbranched alkanes of at least 4 members (excludes halogenated alkanes) is 1. The fourth-order valence-corrected chi connectivity index (χ4v) is 7.30. The number of fused-ring (bicyclic) bond motifs is 2. The SMILES string of the molecule is CCCCC1CN(C2c3ccc(Cl)cc3CCc3cc(Br)cnc32)CCN1C(=O)C(C)NC(CCc1ccccc1)C(=O)O. The summed E-state index contributed by atoms with van der Waals surface area (Å²) in [6.45, 7) is 5.96. The van der Waals surface area contributed by atoms with Crippen LogP contribution in [0.2, 0.25) is 5.02 Å². The van der Waals surface area contributed by atoms with Gasteiger partial charge in [-0.1, -0.05) is 67.8 Å². The Morgan fingerprint density at radius 1 is 1.11 bits per heavy atom. The second kappa shape index (κ2) is 15.0. The molecule has 2 N–H and O–H groups in total. The average Bonchev–Trinajstić information content (AvgIpc) is 3.18. The first-order chi connectivity index (χ1) is 21.2. The lowest BCUT2D eigenvalue weighted by atomic mass is 9.94. The maximum absolute atomic E-state index is 13.9. The molecule has 5 rings (SSSR count). The number of carboxylic acids is 1. The number of amides is 1. The maximum Gasteiger partial charge on any atom is 0.320 e. The minimum Gasteiger partial charge on any atom is -0.480 e. The van der Waals surface area contributed by atoms with Crippen molar-refractivity contribution < 1.29 is 14.7 Å². The summed E-state index contributed by atoms with van der Waals surface area (Å²) in [6.07, 6.45) is 7.65. The third-order valence-electron chi connectivity index (χ3n) is 9.03. The van der Waals surface area contributed by atoms with E-state index in [1.165, 1.54) is 16.7 Å². The van der Waals surface area contributed by atoms with Gasteiger partial charge in [0.2, 0.25) is 5.91 Å². The molecule has 4 atom stereocenters. The Bertz CT molecular complexity index is 1400. The van der Waals surface area contributed by atoms with Gasteiger partial charge in [-0.15, -0.1) is 0 Å². The van der Waals surface area contributed by atoms with Crippen LogP contribution in [-0.4, -0.2) is 69.5 Å². The van der Waals surface area contributed by atoms with Crippen molar-refractivity contribution in [3.63, 3.8) is 0 Å². The van der Waals surface area contributed by atoms with Gasteiger partial charge in [0.1, 0.15) is 6.04 Å². The second-order valence-electron chi connectivity index (χ2n) is 12.1. The molecular formula is C35H42BrClN4O3. The topological polar surface area (TPSA) is 85.8 Å². The van der Waals surface area contributed by atoms with Crippen LogP contribution in [0.25, 0.3) is 0 Å². The highest BCUT2D eigenvalue weighted by atomic mass is 79.9. The first kappa shape index (κ1) is 32.6. The molecule has 1 aliphatic heterocycles. The van der Waals surface area contributed by atoms with Crippen molar-refractivity contribution in [2.45, 2.75) is 83.0 Å². The molecular weight excluding hydrogens is 640 g/mol. The lowest BCUT2D eigenvalue weighted by Gasteiger charge is -2.45. The van der Waals surface area contributed by atoms with E-state index in [1.807, 2.05) is 47.5 Å². The molecule has 0 bridgehead atoms. The van der Waals surface area contributed by atoms with Crippen LogP contribution in [0.15, 0.2) is 65.3 Å². The Morgan fingerprint density at radius 3 is 2.64 bits per heavy atom. The van der Waals surface area contributed by atoms with E-state index in [-0.39, 0.29) is 18.0 Å². The number of aryl methyl sites for hydroxylation is 3. The smallest absolute Gasteiger partial charge is 0.320 e. The summed E-state index contributed by atoms with van der Waals surface area (Å²) in [5.41, 5.74) is 5.86. The molecule has 7 nitrogen and oxygen atoms in total. The molecule has 2 aromatic carbocycles. The number of carbonyl (C=O) groups excluding carboxylic acids is 1. The van der Waals surface area contributed by atoms with Crippen molar-refractivity contribution in [1.82, 2.24) is 20.1 Å². The highest BCUT2D eigenvalue weighted by Crippen LogP contribution is 2.39. The van der Waals surface area contributed by atoms with Crippen molar-refractivity contribution in [3.8, 4) is 0 Å². The molecule has 1 aromatic heterocycles. The first-order valence-corrected chi connectivity index (χ1v) is 16.9. The van der Waals surface area contributed by atoms with Gasteiger partial charge in [-0.3, -0.25) is 24.8 Å². The maximum atomic E-state index is 13.9. The number of hydrogen-bond acceptors (Lipinski definition) is 5. The molecule has 4 unspecified atom stereocenters. The minimum absolute atomic E-state index is 0.0194. The Hall–Kier alpha value is -2.78. The number of nitrogens with one attached hydrogen (secondary N) is 1. The highest BCUT2D eigenvalue weighted by molar-refractivity contribution is 9.10. The van der Waals surface area contributed by atoms with Gasteiger partial charge in [0, 0.05) is 41.4 Å². The summed E-state index contributed by atoms with van der Waals surface area (Å²) in [5, 5.41) is 13.8. The zero-order valence-corrected chi connectivity index (χ0v) is 27.9. The van der Waals surface area contributed by atoms with E-state index in [0.717, 1.165) is 59.4 Å². The van der Waals surface area contributed by atoms with Crippen LogP contribution in [-0.2, 0) is 28.9 Å². The number of rotatable bonds is 11. The number of pyridine rings is 1. The summed E-state index contributed by atoms with van der Waals surface area (Å²) >= 11 is 10.1. The molecule has 1 aliphatic carbocycles. The molecule has 9 heteroatoms. The molecule has 0 saturated carbocycles. The van der Waals surface area contributed by atoms with Crippen molar-refractivity contribution in [2.24, 2.45) is 0 Å². The summed E-state index contributed by atoms with van der Waals surface area (Å²) < 4.78 is 0.972. The standard InChI is InChI=1S/C35H42BrClN4O3/c1-3-4-10-29-22-40(33-30-15-14-28(37)20-25(30)12-13-26-19-27(36)21-38-32(26)33)17-18-41(29)34(42)23(2)39-31(35(43)44)16-11-24-8-6-5-7-9-24/h5-9,14-15,19-21,23,29,31,33,39H,3-4,10-13,16-18,22H2,1-2H3,(H,43,44). The van der Waals surface area contributed by atoms with E-state index in [9.17, 15) is 14.7 Å². The number of piperazine rings is 1. The van der Waals surface area contributed by atoms with Crippen LogP contribution >= 0.6 is 27.5 Å². The third kappa shape index (κ3) is 7.71. The van der Waals surface area contributed by atoms with E-state index in [1.54, 1.807) is 6.92 Å². The van der Waals surface area contributed by atoms with Crippen molar-refractivity contribution in [1.29, 1.82) is 0 Å². The average molecular weight is 682 g/mol. The van der Waals surface area contributed by atoms with Crippen LogP contribution in [0.1, 0.15) is 73.5 Å². The molecule has 3 aromatic rings. The van der Waals surface area contributed by atoms with Gasteiger partial charge in [0.15, 0.2) is 0 Å². The molecule has 0 spiro atoms. The zero-order valence-electron chi connectivity index (χ0n) is 25.5. The lowest BCUT2D eigenvalue weighted by Crippen LogP contribution is -2.60. The normalized spacial score (nSPS) is 19.9. The number of carbonyl (C=O) groups is 2. The highest BCUT2D eigenvalue weighted by Gasteiger charge is 2.38. The number of hydrogen-bond donors (Lipinski definition) is 2. The van der Waals surface area contributed by atoms with Crippen LogP contribution in [0.3, 0.4) is 0 Å². The van der Waals surface area contributed by atoms with Gasteiger partial charge in [-0.2, -0.15) is 0 Å². The van der Waals surface area contributed by atoms with Crippen LogP contribution in [0.4, 0.5) is 0 Å². The number of aromatic nitrogens is 1. The molecule has 0 radical (unpaired) electrons. The quantitative estimate of drug-likeness (QED) is 0.242. The Labute approximate surface area is 274 Å². The van der Waals surface area contributed by atoms with Gasteiger partial charge < -0.3 is 10.0 Å². The van der Waals surface area contributed by atoms with Gasteiger partial charge >= 0.3 is 5.97 Å². The molecule has 1 fully saturated rings. The number of nitrogens with zero attached hydrogens (tertiary/aromatic N) is 3. The number of aliphatic carboxylic acids is 1. The Kier molecular flexibility index (Phi) is 11.1. The van der Waals surface area contributed by atoms with Gasteiger partial charge in [0.25, 0.3) is 0 Å². The molecule has 234 valence electrons. The molecule has 44 heavy (non-hydrogen) atoms. The third-order valence-corrected chi connectivity index (χ3v) is 9.70. The first-order valence-electron chi connectivity index (χ1n) is 15.7. The Morgan fingerprint density at radius 2 is 1.89 bits per heavy atom. The molecule has 1 amide bonds. The fraction of sp³-hybridized carbons (Fsp3) is 0.457. The molecule has 2 heterocycles. The van der Waals surface area contributed by atoms with Crippen molar-refractivity contribution in [2.75, 3.05) is 19.6 Å². The van der Waals surface area contributed by atoms with E-state index in [2.05, 4.69) is 51.3 Å². The minimum atomic E-state index is -0.933. The number of benzene rings is 2. The summed E-state index contributed by atoms with van der Waals surface area (Å²) in [7, 11) is 0. The van der Waals surface area contributed by atoms with Crippen LogP contribution < -0.4 is 5.32 Å². The van der Waals surface area contributed by atoms with Crippen molar-refractivity contribution >= 4 is 39.4 Å². The largest absolute Gasteiger partial charge is 0.480 e. The lowest BCUT2D eigenvalue weighted by molar-refractivity contribution is -0.142. The molecule has 2 aliphatic rings. The van der Waals surface area contributed by atoms with E-state index >= 15 is 0 Å². The van der Waals surface area contributed by atoms with Gasteiger partial charge in [-0.25, -0.2) is 0 Å². The predicted molar refractivity (Wildman–Crippen MR) is 178 cm³/mol. The zero-order chi connectivity index (χ0) is 31.2. The predicted octanol–water partition coefficient (Wildman–Crippen LogP) is 6.45. The Balaban J connectivity index is 1.35. The molecule has 1 saturated heterocycles. The fourth-order valence-electron chi connectivity index (χ4n) is 6.73. The monoisotopic (exact) mass is 680 g/mol. The van der Waals surface area contributed by atoms with Gasteiger partial charge in [0.05, 0.1) is 17.8 Å². The van der Waals surface area contributed by atoms with E-state index in [0.29, 0.717) is 25.9 Å². The summed E-state index contributed by atoms with van der Waals surface area (Å²) in [4.78, 5) is 35.5.